The van der Waals surface area contributed by atoms with Crippen molar-refractivity contribution in [3.63, 3.8) is 0 Å². The lowest BCUT2D eigenvalue weighted by Crippen LogP contribution is -2.25. The summed E-state index contributed by atoms with van der Waals surface area (Å²) in [5.74, 6) is 0.568. The zero-order valence-corrected chi connectivity index (χ0v) is 13.9. The van der Waals surface area contributed by atoms with Crippen molar-refractivity contribution in [2.24, 2.45) is 0 Å². The van der Waals surface area contributed by atoms with Gasteiger partial charge in [-0.05, 0) is 22.6 Å². The first-order chi connectivity index (χ1) is 9.47. The fourth-order valence-electron chi connectivity index (χ4n) is 2.52. The molecule has 4 nitrogen and oxygen atoms in total. The molecule has 1 heterocycles. The quantitative estimate of drug-likeness (QED) is 0.644. The average Bonchev–Trinajstić information content (AvgIpc) is 2.90. The average molecular weight is 428 g/mol. The van der Waals surface area contributed by atoms with Crippen LogP contribution in [-0.4, -0.2) is 33.5 Å². The van der Waals surface area contributed by atoms with Crippen LogP contribution in [0.3, 0.4) is 0 Å². The maximum absolute atomic E-state index is 9.88. The van der Waals surface area contributed by atoms with Crippen LogP contribution in [0.1, 0.15) is 12.8 Å². The molecule has 3 N–H and O–H groups in total. The minimum atomic E-state index is -0.675. The van der Waals surface area contributed by atoms with Crippen LogP contribution in [0.4, 0.5) is 0 Å². The second-order valence-electron chi connectivity index (χ2n) is 4.91. The van der Waals surface area contributed by atoms with Gasteiger partial charge in [-0.3, -0.25) is 0 Å². The number of benzene rings is 1. The molecule has 0 radical (unpaired) electrons. The van der Waals surface area contributed by atoms with E-state index < -0.39 is 18.3 Å². The molecular formula is C13H12Cl2INO3. The number of hydrogen-bond donors (Lipinski definition) is 3. The standard InChI is InChI=1S/C13H12Cl2INO3/c14-6-3-10(20-9-2-5(18)1-8(9)19)11-7(16)4-17-13(11)12(6)15/h3-5,8-9,17-19H,1-2H2. The molecule has 1 saturated carbocycles. The van der Waals surface area contributed by atoms with Crippen molar-refractivity contribution in [3.05, 3.63) is 25.9 Å². The van der Waals surface area contributed by atoms with Crippen molar-refractivity contribution < 1.29 is 14.9 Å². The molecular weight excluding hydrogens is 416 g/mol. The summed E-state index contributed by atoms with van der Waals surface area (Å²) in [5, 5.41) is 21.1. The van der Waals surface area contributed by atoms with Crippen molar-refractivity contribution >= 4 is 56.7 Å². The lowest BCUT2D eigenvalue weighted by Gasteiger charge is -2.18. The van der Waals surface area contributed by atoms with Crippen molar-refractivity contribution in [2.45, 2.75) is 31.2 Å². The molecule has 1 aliphatic rings. The topological polar surface area (TPSA) is 65.5 Å². The van der Waals surface area contributed by atoms with Crippen molar-refractivity contribution in [1.29, 1.82) is 0 Å². The first-order valence-corrected chi connectivity index (χ1v) is 7.98. The lowest BCUT2D eigenvalue weighted by molar-refractivity contribution is 0.0612. The third kappa shape index (κ3) is 2.50. The van der Waals surface area contributed by atoms with E-state index in [1.807, 2.05) is 6.20 Å². The number of rotatable bonds is 2. The van der Waals surface area contributed by atoms with Crippen LogP contribution in [0, 0.1) is 3.57 Å². The number of nitrogens with one attached hydrogen (secondary N) is 1. The third-order valence-corrected chi connectivity index (χ3v) is 5.13. The van der Waals surface area contributed by atoms with Crippen molar-refractivity contribution in [3.8, 4) is 5.75 Å². The highest BCUT2D eigenvalue weighted by molar-refractivity contribution is 14.1. The minimum absolute atomic E-state index is 0.333. The van der Waals surface area contributed by atoms with Gasteiger partial charge in [-0.25, -0.2) is 0 Å². The number of ether oxygens (including phenoxy) is 1. The lowest BCUT2D eigenvalue weighted by atomic mass is 10.2. The predicted molar refractivity (Wildman–Crippen MR) is 86.7 cm³/mol. The van der Waals surface area contributed by atoms with Gasteiger partial charge in [0.25, 0.3) is 0 Å². The summed E-state index contributed by atoms with van der Waals surface area (Å²) < 4.78 is 6.83. The van der Waals surface area contributed by atoms with E-state index in [9.17, 15) is 10.2 Å². The molecule has 1 fully saturated rings. The number of aromatic amines is 1. The van der Waals surface area contributed by atoms with Gasteiger partial charge in [-0.2, -0.15) is 0 Å². The summed E-state index contributed by atoms with van der Waals surface area (Å²) in [4.78, 5) is 3.07. The smallest absolute Gasteiger partial charge is 0.131 e. The van der Waals surface area contributed by atoms with E-state index >= 15 is 0 Å². The summed E-state index contributed by atoms with van der Waals surface area (Å²) in [6, 6.07) is 1.65. The van der Waals surface area contributed by atoms with Gasteiger partial charge >= 0.3 is 0 Å². The molecule has 3 unspecified atom stereocenters. The molecule has 0 bridgehead atoms. The van der Waals surface area contributed by atoms with Crippen LogP contribution in [0.25, 0.3) is 10.9 Å². The van der Waals surface area contributed by atoms with Gasteiger partial charge in [0.05, 0.1) is 33.2 Å². The largest absolute Gasteiger partial charge is 0.487 e. The Bertz CT molecular complexity index is 661. The van der Waals surface area contributed by atoms with E-state index in [0.717, 1.165) is 8.96 Å². The van der Waals surface area contributed by atoms with E-state index in [-0.39, 0.29) is 0 Å². The number of fused-ring (bicyclic) bond motifs is 1. The molecule has 1 aromatic carbocycles. The maximum Gasteiger partial charge on any atom is 0.131 e. The van der Waals surface area contributed by atoms with Crippen LogP contribution in [0.2, 0.25) is 10.0 Å². The fourth-order valence-corrected chi connectivity index (χ4v) is 3.61. The van der Waals surface area contributed by atoms with Crippen LogP contribution >= 0.6 is 45.8 Å². The van der Waals surface area contributed by atoms with Gasteiger partial charge in [0.2, 0.25) is 0 Å². The zero-order chi connectivity index (χ0) is 14.4. The first-order valence-electron chi connectivity index (χ1n) is 6.14. The molecule has 108 valence electrons. The van der Waals surface area contributed by atoms with Gasteiger partial charge in [-0.1, -0.05) is 23.2 Å². The molecule has 7 heteroatoms. The van der Waals surface area contributed by atoms with Crippen LogP contribution in [0.15, 0.2) is 12.3 Å². The van der Waals surface area contributed by atoms with E-state index in [1.54, 1.807) is 6.07 Å². The summed E-state index contributed by atoms with van der Waals surface area (Å²) >= 11 is 14.5. The number of aliphatic hydroxyl groups is 2. The Morgan fingerprint density at radius 3 is 2.70 bits per heavy atom. The third-order valence-electron chi connectivity index (χ3n) is 3.49. The molecule has 20 heavy (non-hydrogen) atoms. The number of H-pyrrole nitrogens is 1. The second kappa shape index (κ2) is 5.53. The summed E-state index contributed by atoms with van der Waals surface area (Å²) in [5.41, 5.74) is 0.714. The van der Waals surface area contributed by atoms with Gasteiger partial charge in [-0.15, -0.1) is 0 Å². The number of hydrogen-bond acceptors (Lipinski definition) is 3. The Morgan fingerprint density at radius 2 is 2.05 bits per heavy atom. The monoisotopic (exact) mass is 427 g/mol. The van der Waals surface area contributed by atoms with Crippen LogP contribution in [-0.2, 0) is 0 Å². The van der Waals surface area contributed by atoms with E-state index in [4.69, 9.17) is 27.9 Å². The van der Waals surface area contributed by atoms with Crippen molar-refractivity contribution in [2.75, 3.05) is 0 Å². The van der Waals surface area contributed by atoms with E-state index in [0.29, 0.717) is 34.2 Å². The number of aromatic nitrogens is 1. The Morgan fingerprint density at radius 1 is 1.30 bits per heavy atom. The maximum atomic E-state index is 9.88. The molecule has 0 spiro atoms. The number of halogens is 3. The normalized spacial score (nSPS) is 26.4. The Kier molecular flexibility index (Phi) is 4.07. The predicted octanol–water partition coefficient (Wildman–Crippen LogP) is 3.34. The van der Waals surface area contributed by atoms with Gasteiger partial charge in [0.1, 0.15) is 11.9 Å². The van der Waals surface area contributed by atoms with Gasteiger partial charge in [0, 0.05) is 28.7 Å². The van der Waals surface area contributed by atoms with Crippen LogP contribution < -0.4 is 4.74 Å². The van der Waals surface area contributed by atoms with E-state index in [1.165, 1.54) is 0 Å². The first kappa shape index (κ1) is 14.7. The number of aliphatic hydroxyl groups excluding tert-OH is 2. The summed E-state index contributed by atoms with van der Waals surface area (Å²) in [6.07, 6.45) is 0.921. The molecule has 0 saturated heterocycles. The highest BCUT2D eigenvalue weighted by Gasteiger charge is 2.34. The Balaban J connectivity index is 2.03. The van der Waals surface area contributed by atoms with Crippen molar-refractivity contribution in [1.82, 2.24) is 4.98 Å². The molecule has 1 aromatic heterocycles. The fraction of sp³-hybridized carbons (Fsp3) is 0.385. The summed E-state index contributed by atoms with van der Waals surface area (Å²) in [6.45, 7) is 0. The zero-order valence-electron chi connectivity index (χ0n) is 10.2. The van der Waals surface area contributed by atoms with Gasteiger partial charge in [0.15, 0.2) is 0 Å². The molecule has 1 aliphatic carbocycles. The molecule has 0 amide bonds. The van der Waals surface area contributed by atoms with E-state index in [2.05, 4.69) is 27.6 Å². The minimum Gasteiger partial charge on any atom is -0.487 e. The Hall–Kier alpha value is -0.210. The molecule has 3 atom stereocenters. The SMILES string of the molecule is OC1CC(O)C(Oc2cc(Cl)c(Cl)c3[nH]cc(I)c23)C1. The second-order valence-corrected chi connectivity index (χ2v) is 6.85. The molecule has 0 aliphatic heterocycles. The molecule has 2 aromatic rings. The Labute approximate surface area is 139 Å². The summed E-state index contributed by atoms with van der Waals surface area (Å²) in [7, 11) is 0. The molecule has 3 rings (SSSR count). The highest BCUT2D eigenvalue weighted by Crippen LogP contribution is 2.40. The van der Waals surface area contributed by atoms with Crippen LogP contribution in [0.5, 0.6) is 5.75 Å². The van der Waals surface area contributed by atoms with Gasteiger partial charge < -0.3 is 19.9 Å². The highest BCUT2D eigenvalue weighted by atomic mass is 127.